The molecular weight excluding hydrogens is 242 g/mol. The van der Waals surface area contributed by atoms with E-state index in [-0.39, 0.29) is 11.7 Å². The minimum absolute atomic E-state index is 0.191. The van der Waals surface area contributed by atoms with E-state index in [2.05, 4.69) is 10.3 Å². The molecule has 1 rings (SSSR count). The quantitative estimate of drug-likeness (QED) is 0.738. The van der Waals surface area contributed by atoms with Crippen LogP contribution in [0.15, 0.2) is 5.38 Å². The lowest BCUT2D eigenvalue weighted by Gasteiger charge is -2.20. The number of hydrogen-bond acceptors (Lipinski definition) is 5. The lowest BCUT2D eigenvalue weighted by Crippen LogP contribution is -2.49. The van der Waals surface area contributed by atoms with Crippen LogP contribution in [0.3, 0.4) is 0 Å². The summed E-state index contributed by atoms with van der Waals surface area (Å²) in [6.07, 6.45) is 0. The Balaban J connectivity index is 2.80. The minimum atomic E-state index is -1.32. The number of carboxylic acid groups (broad SMARTS) is 1. The molecule has 0 aromatic carbocycles. The van der Waals surface area contributed by atoms with Gasteiger partial charge in [-0.05, 0) is 20.8 Å². The van der Waals surface area contributed by atoms with E-state index in [4.69, 9.17) is 10.8 Å². The van der Waals surface area contributed by atoms with E-state index in [9.17, 15) is 9.59 Å². The van der Waals surface area contributed by atoms with Gasteiger partial charge in [0, 0.05) is 5.38 Å². The van der Waals surface area contributed by atoms with E-state index in [0.29, 0.717) is 5.01 Å². The van der Waals surface area contributed by atoms with Crippen LogP contribution in [-0.2, 0) is 4.79 Å². The molecule has 1 amide bonds. The van der Waals surface area contributed by atoms with Crippen LogP contribution < -0.4 is 11.1 Å². The highest BCUT2D eigenvalue weighted by Gasteiger charge is 2.30. The first-order valence-electron chi connectivity index (χ1n) is 5.01. The van der Waals surface area contributed by atoms with Gasteiger partial charge < -0.3 is 16.2 Å². The second-order valence-corrected chi connectivity index (χ2v) is 5.13. The number of nitrogens with two attached hydrogens (primary N) is 1. The molecule has 0 aliphatic carbocycles. The van der Waals surface area contributed by atoms with Gasteiger partial charge in [0.2, 0.25) is 0 Å². The van der Waals surface area contributed by atoms with Crippen LogP contribution >= 0.6 is 11.3 Å². The lowest BCUT2D eigenvalue weighted by atomic mass is 10.1. The van der Waals surface area contributed by atoms with Crippen LogP contribution in [0.2, 0.25) is 0 Å². The third-order valence-corrected chi connectivity index (χ3v) is 3.15. The molecule has 1 heterocycles. The van der Waals surface area contributed by atoms with Crippen molar-refractivity contribution in [2.24, 2.45) is 5.73 Å². The molecule has 1 aromatic rings. The molecule has 17 heavy (non-hydrogen) atoms. The second-order valence-electron chi connectivity index (χ2n) is 4.24. The molecule has 0 radical (unpaired) electrons. The van der Waals surface area contributed by atoms with Crippen LogP contribution in [0.4, 0.5) is 0 Å². The molecule has 1 unspecified atom stereocenters. The molecule has 0 fully saturated rings. The standard InChI is InChI=1S/C10H15N3O3S/c1-5(11)8-12-6(4-17-8)7(14)13-10(2,3)9(15)16/h4-5H,11H2,1-3H3,(H,13,14)(H,15,16). The van der Waals surface area contributed by atoms with E-state index in [0.717, 1.165) is 0 Å². The van der Waals surface area contributed by atoms with Gasteiger partial charge in [0.05, 0.1) is 6.04 Å². The molecule has 1 atom stereocenters. The number of hydrogen-bond donors (Lipinski definition) is 3. The van der Waals surface area contributed by atoms with Crippen LogP contribution in [0.1, 0.15) is 42.3 Å². The molecule has 6 nitrogen and oxygen atoms in total. The summed E-state index contributed by atoms with van der Waals surface area (Å²) in [5.41, 5.74) is 4.49. The number of nitrogens with zero attached hydrogens (tertiary/aromatic N) is 1. The number of amides is 1. The predicted octanol–water partition coefficient (Wildman–Crippen LogP) is 0.756. The number of carboxylic acids is 1. The van der Waals surface area contributed by atoms with Crippen molar-refractivity contribution in [1.82, 2.24) is 10.3 Å². The summed E-state index contributed by atoms with van der Waals surface area (Å²) in [5.74, 6) is -1.62. The second kappa shape index (κ2) is 4.80. The van der Waals surface area contributed by atoms with Crippen LogP contribution in [-0.4, -0.2) is 27.5 Å². The first kappa shape index (κ1) is 13.6. The summed E-state index contributed by atoms with van der Waals surface area (Å²) in [5, 5.41) is 13.5. The highest BCUT2D eigenvalue weighted by Crippen LogP contribution is 2.16. The first-order chi connectivity index (χ1) is 7.74. The highest BCUT2D eigenvalue weighted by atomic mass is 32.1. The Kier molecular flexibility index (Phi) is 3.84. The van der Waals surface area contributed by atoms with Gasteiger partial charge in [-0.3, -0.25) is 4.79 Å². The molecule has 1 aromatic heterocycles. The Morgan fingerprint density at radius 3 is 2.59 bits per heavy atom. The summed E-state index contributed by atoms with van der Waals surface area (Å²) >= 11 is 1.28. The lowest BCUT2D eigenvalue weighted by molar-refractivity contribution is -0.143. The average molecular weight is 257 g/mol. The minimum Gasteiger partial charge on any atom is -0.480 e. The number of carbonyl (C=O) groups excluding carboxylic acids is 1. The topological polar surface area (TPSA) is 105 Å². The normalized spacial score (nSPS) is 13.2. The summed E-state index contributed by atoms with van der Waals surface area (Å²) in [6, 6.07) is -0.242. The molecule has 94 valence electrons. The highest BCUT2D eigenvalue weighted by molar-refractivity contribution is 7.09. The van der Waals surface area contributed by atoms with Crippen molar-refractivity contribution >= 4 is 23.2 Å². The maximum absolute atomic E-state index is 11.7. The van der Waals surface area contributed by atoms with Crippen molar-refractivity contribution in [3.05, 3.63) is 16.1 Å². The van der Waals surface area contributed by atoms with Crippen molar-refractivity contribution < 1.29 is 14.7 Å². The fourth-order valence-electron chi connectivity index (χ4n) is 1.00. The van der Waals surface area contributed by atoms with Crippen molar-refractivity contribution in [3.63, 3.8) is 0 Å². The van der Waals surface area contributed by atoms with E-state index in [1.54, 1.807) is 12.3 Å². The Labute approximate surface area is 103 Å². The molecule has 7 heteroatoms. The number of carbonyl (C=O) groups is 2. The number of aliphatic carboxylic acids is 1. The molecule has 0 bridgehead atoms. The van der Waals surface area contributed by atoms with Gasteiger partial charge >= 0.3 is 5.97 Å². The van der Waals surface area contributed by atoms with Gasteiger partial charge in [0.15, 0.2) is 0 Å². The summed E-state index contributed by atoms with van der Waals surface area (Å²) in [7, 11) is 0. The predicted molar refractivity (Wildman–Crippen MR) is 63.9 cm³/mol. The van der Waals surface area contributed by atoms with Crippen LogP contribution in [0.5, 0.6) is 0 Å². The third kappa shape index (κ3) is 3.24. The Bertz CT molecular complexity index is 440. The van der Waals surface area contributed by atoms with E-state index < -0.39 is 17.4 Å². The van der Waals surface area contributed by atoms with Gasteiger partial charge in [-0.25, -0.2) is 9.78 Å². The smallest absolute Gasteiger partial charge is 0.328 e. The fourth-order valence-corrected chi connectivity index (χ4v) is 1.76. The van der Waals surface area contributed by atoms with E-state index >= 15 is 0 Å². The zero-order chi connectivity index (χ0) is 13.2. The maximum atomic E-state index is 11.7. The van der Waals surface area contributed by atoms with Gasteiger partial charge in [-0.15, -0.1) is 11.3 Å². The number of thiazole rings is 1. The number of nitrogens with one attached hydrogen (secondary N) is 1. The van der Waals surface area contributed by atoms with Crippen LogP contribution in [0.25, 0.3) is 0 Å². The molecule has 0 saturated carbocycles. The van der Waals surface area contributed by atoms with Crippen molar-refractivity contribution in [3.8, 4) is 0 Å². The van der Waals surface area contributed by atoms with Crippen molar-refractivity contribution in [2.45, 2.75) is 32.4 Å². The summed E-state index contributed by atoms with van der Waals surface area (Å²) < 4.78 is 0. The van der Waals surface area contributed by atoms with E-state index in [1.165, 1.54) is 25.2 Å². The molecule has 4 N–H and O–H groups in total. The average Bonchev–Trinajstić information content (AvgIpc) is 2.65. The SMILES string of the molecule is CC(N)c1nc(C(=O)NC(C)(C)C(=O)O)cs1. The Morgan fingerprint density at radius 2 is 2.18 bits per heavy atom. The monoisotopic (exact) mass is 257 g/mol. The van der Waals surface area contributed by atoms with Crippen LogP contribution in [0, 0.1) is 0 Å². The van der Waals surface area contributed by atoms with Crippen molar-refractivity contribution in [2.75, 3.05) is 0 Å². The van der Waals surface area contributed by atoms with E-state index in [1.807, 2.05) is 0 Å². The Hall–Kier alpha value is -1.47. The molecule has 0 aliphatic heterocycles. The number of aromatic nitrogens is 1. The molecule has 0 aliphatic rings. The van der Waals surface area contributed by atoms with Crippen molar-refractivity contribution in [1.29, 1.82) is 0 Å². The molecule has 0 spiro atoms. The van der Waals surface area contributed by atoms with Gasteiger partial charge in [0.1, 0.15) is 16.2 Å². The first-order valence-corrected chi connectivity index (χ1v) is 5.89. The summed E-state index contributed by atoms with van der Waals surface area (Å²) in [4.78, 5) is 26.6. The zero-order valence-electron chi connectivity index (χ0n) is 9.85. The Morgan fingerprint density at radius 1 is 1.59 bits per heavy atom. The summed E-state index contributed by atoms with van der Waals surface area (Å²) in [6.45, 7) is 4.58. The fraction of sp³-hybridized carbons (Fsp3) is 0.500. The molecule has 0 saturated heterocycles. The third-order valence-electron chi connectivity index (χ3n) is 2.10. The largest absolute Gasteiger partial charge is 0.480 e. The zero-order valence-corrected chi connectivity index (χ0v) is 10.7. The maximum Gasteiger partial charge on any atom is 0.328 e. The number of rotatable bonds is 4. The van der Waals surface area contributed by atoms with Gasteiger partial charge in [0.25, 0.3) is 5.91 Å². The molecular formula is C10H15N3O3S. The van der Waals surface area contributed by atoms with Gasteiger partial charge in [-0.1, -0.05) is 0 Å². The van der Waals surface area contributed by atoms with Gasteiger partial charge in [-0.2, -0.15) is 0 Å².